The largest absolute Gasteiger partial charge is 0.392 e. The first-order chi connectivity index (χ1) is 8.54. The topological polar surface area (TPSA) is 52.6 Å². The molecule has 0 unspecified atom stereocenters. The van der Waals surface area contributed by atoms with Crippen molar-refractivity contribution in [1.82, 2.24) is 4.90 Å². The summed E-state index contributed by atoms with van der Waals surface area (Å²) < 4.78 is 14.1. The second kappa shape index (κ2) is 5.77. The molecular weight excluding hydrogens is 303 g/mol. The minimum atomic E-state index is -0.473. The fourth-order valence-corrected chi connectivity index (χ4v) is 2.27. The Labute approximate surface area is 113 Å². The van der Waals surface area contributed by atoms with E-state index in [0.29, 0.717) is 24.0 Å². The molecule has 0 radical (unpaired) electrons. The molecule has 0 saturated carbocycles. The molecule has 2 N–H and O–H groups in total. The van der Waals surface area contributed by atoms with Crippen molar-refractivity contribution in [3.05, 3.63) is 28.5 Å². The Morgan fingerprint density at radius 2 is 2.39 bits per heavy atom. The van der Waals surface area contributed by atoms with Crippen molar-refractivity contribution in [3.8, 4) is 0 Å². The van der Waals surface area contributed by atoms with Gasteiger partial charge in [0.2, 0.25) is 5.91 Å². The summed E-state index contributed by atoms with van der Waals surface area (Å²) in [4.78, 5) is 13.5. The van der Waals surface area contributed by atoms with E-state index in [1.807, 2.05) is 4.90 Å². The van der Waals surface area contributed by atoms with Gasteiger partial charge in [0, 0.05) is 17.6 Å². The number of anilines is 1. The SMILES string of the molecule is O=C(CN1CC[C@@H](O)C1)Nc1ccc(Br)cc1F. The van der Waals surface area contributed by atoms with Crippen LogP contribution in [-0.2, 0) is 4.79 Å². The zero-order valence-electron chi connectivity index (χ0n) is 9.70. The molecule has 1 fully saturated rings. The van der Waals surface area contributed by atoms with Crippen LogP contribution in [0, 0.1) is 5.82 Å². The molecule has 1 aliphatic rings. The Bertz CT molecular complexity index is 456. The van der Waals surface area contributed by atoms with Crippen LogP contribution in [0.1, 0.15) is 6.42 Å². The van der Waals surface area contributed by atoms with E-state index in [-0.39, 0.29) is 24.2 Å². The number of hydrogen-bond acceptors (Lipinski definition) is 3. The number of nitrogens with zero attached hydrogens (tertiary/aromatic N) is 1. The van der Waals surface area contributed by atoms with Gasteiger partial charge in [0.05, 0.1) is 18.3 Å². The van der Waals surface area contributed by atoms with Crippen LogP contribution in [0.4, 0.5) is 10.1 Å². The maximum Gasteiger partial charge on any atom is 0.238 e. The Hall–Kier alpha value is -0.980. The van der Waals surface area contributed by atoms with E-state index in [4.69, 9.17) is 0 Å². The monoisotopic (exact) mass is 316 g/mol. The highest BCUT2D eigenvalue weighted by Crippen LogP contribution is 2.19. The number of rotatable bonds is 3. The zero-order valence-corrected chi connectivity index (χ0v) is 11.3. The summed E-state index contributed by atoms with van der Waals surface area (Å²) >= 11 is 3.15. The zero-order chi connectivity index (χ0) is 13.1. The quantitative estimate of drug-likeness (QED) is 0.890. The van der Waals surface area contributed by atoms with Gasteiger partial charge in [0.1, 0.15) is 5.82 Å². The van der Waals surface area contributed by atoms with Crippen LogP contribution in [0.15, 0.2) is 22.7 Å². The Kier molecular flexibility index (Phi) is 4.31. The summed E-state index contributed by atoms with van der Waals surface area (Å²) in [7, 11) is 0. The Balaban J connectivity index is 1.91. The molecule has 0 aromatic heterocycles. The maximum atomic E-state index is 13.5. The average molecular weight is 317 g/mol. The first-order valence-electron chi connectivity index (χ1n) is 5.70. The highest BCUT2D eigenvalue weighted by atomic mass is 79.9. The predicted molar refractivity (Wildman–Crippen MR) is 69.8 cm³/mol. The number of aliphatic hydroxyl groups excluding tert-OH is 1. The van der Waals surface area contributed by atoms with Crippen LogP contribution in [-0.4, -0.2) is 41.7 Å². The lowest BCUT2D eigenvalue weighted by Gasteiger charge is -2.14. The number of likely N-dealkylation sites (tertiary alicyclic amines) is 1. The highest BCUT2D eigenvalue weighted by molar-refractivity contribution is 9.10. The molecule has 6 heteroatoms. The molecule has 1 amide bonds. The number of amides is 1. The van der Waals surface area contributed by atoms with E-state index in [1.54, 1.807) is 6.07 Å². The Morgan fingerprint density at radius 1 is 1.61 bits per heavy atom. The van der Waals surface area contributed by atoms with Gasteiger partial charge in [-0.05, 0) is 24.6 Å². The van der Waals surface area contributed by atoms with Crippen molar-refractivity contribution in [2.24, 2.45) is 0 Å². The fourth-order valence-electron chi connectivity index (χ4n) is 1.94. The van der Waals surface area contributed by atoms with Gasteiger partial charge in [-0.25, -0.2) is 4.39 Å². The van der Waals surface area contributed by atoms with Crippen LogP contribution in [0.5, 0.6) is 0 Å². The van der Waals surface area contributed by atoms with E-state index in [9.17, 15) is 14.3 Å². The first-order valence-corrected chi connectivity index (χ1v) is 6.49. The van der Waals surface area contributed by atoms with E-state index in [1.165, 1.54) is 12.1 Å². The standard InChI is InChI=1S/C12H14BrFN2O2/c13-8-1-2-11(10(14)5-8)15-12(18)7-16-4-3-9(17)6-16/h1-2,5,9,17H,3-4,6-7H2,(H,15,18)/t9-/m1/s1. The van der Waals surface area contributed by atoms with Gasteiger partial charge < -0.3 is 10.4 Å². The van der Waals surface area contributed by atoms with Crippen molar-refractivity contribution < 1.29 is 14.3 Å². The molecule has 1 heterocycles. The molecule has 1 atom stereocenters. The minimum Gasteiger partial charge on any atom is -0.392 e. The molecule has 1 aromatic rings. The Morgan fingerprint density at radius 3 is 3.00 bits per heavy atom. The summed E-state index contributed by atoms with van der Waals surface area (Å²) in [6.07, 6.45) is 0.321. The third-order valence-corrected chi connectivity index (χ3v) is 3.31. The molecule has 2 rings (SSSR count). The lowest BCUT2D eigenvalue weighted by Crippen LogP contribution is -2.32. The normalized spacial score (nSPS) is 20.1. The number of hydrogen-bond donors (Lipinski definition) is 2. The molecular formula is C12H14BrFN2O2. The van der Waals surface area contributed by atoms with Gasteiger partial charge in [-0.1, -0.05) is 15.9 Å². The van der Waals surface area contributed by atoms with Gasteiger partial charge in [-0.3, -0.25) is 9.69 Å². The smallest absolute Gasteiger partial charge is 0.238 e. The van der Waals surface area contributed by atoms with Gasteiger partial charge in [-0.2, -0.15) is 0 Å². The van der Waals surface area contributed by atoms with Gasteiger partial charge in [-0.15, -0.1) is 0 Å². The number of aliphatic hydroxyl groups is 1. The van der Waals surface area contributed by atoms with Crippen LogP contribution in [0.2, 0.25) is 0 Å². The summed E-state index contributed by atoms with van der Waals surface area (Å²) in [5.41, 5.74) is 0.169. The van der Waals surface area contributed by atoms with E-state index in [2.05, 4.69) is 21.2 Å². The molecule has 0 spiro atoms. The van der Waals surface area contributed by atoms with Gasteiger partial charge >= 0.3 is 0 Å². The van der Waals surface area contributed by atoms with Crippen molar-refractivity contribution in [1.29, 1.82) is 0 Å². The van der Waals surface area contributed by atoms with E-state index in [0.717, 1.165) is 0 Å². The summed E-state index contributed by atoms with van der Waals surface area (Å²) in [6, 6.07) is 4.48. The number of halogens is 2. The lowest BCUT2D eigenvalue weighted by molar-refractivity contribution is -0.117. The lowest BCUT2D eigenvalue weighted by atomic mass is 10.3. The van der Waals surface area contributed by atoms with Crippen molar-refractivity contribution in [3.63, 3.8) is 0 Å². The van der Waals surface area contributed by atoms with E-state index < -0.39 is 5.82 Å². The second-order valence-electron chi connectivity index (χ2n) is 4.35. The molecule has 98 valence electrons. The van der Waals surface area contributed by atoms with Crippen LogP contribution in [0.3, 0.4) is 0 Å². The molecule has 1 aromatic carbocycles. The summed E-state index contributed by atoms with van der Waals surface area (Å²) in [5, 5.41) is 11.9. The third-order valence-electron chi connectivity index (χ3n) is 2.82. The third kappa shape index (κ3) is 3.51. The van der Waals surface area contributed by atoms with Crippen LogP contribution >= 0.6 is 15.9 Å². The molecule has 0 bridgehead atoms. The average Bonchev–Trinajstić information content (AvgIpc) is 2.68. The van der Waals surface area contributed by atoms with Gasteiger partial charge in [0.15, 0.2) is 0 Å². The molecule has 1 saturated heterocycles. The molecule has 4 nitrogen and oxygen atoms in total. The second-order valence-corrected chi connectivity index (χ2v) is 5.27. The number of β-amino-alcohol motifs (C(OH)–C–C–N with tert-alkyl or cyclic N) is 1. The van der Waals surface area contributed by atoms with E-state index >= 15 is 0 Å². The van der Waals surface area contributed by atoms with Crippen LogP contribution in [0.25, 0.3) is 0 Å². The number of benzene rings is 1. The number of carbonyl (C=O) groups excluding carboxylic acids is 1. The highest BCUT2D eigenvalue weighted by Gasteiger charge is 2.22. The summed E-state index contributed by atoms with van der Waals surface area (Å²) in [5.74, 6) is -0.746. The summed E-state index contributed by atoms with van der Waals surface area (Å²) in [6.45, 7) is 1.36. The predicted octanol–water partition coefficient (Wildman–Crippen LogP) is 1.59. The number of nitrogens with one attached hydrogen (secondary N) is 1. The molecule has 1 aliphatic heterocycles. The maximum absolute atomic E-state index is 13.5. The molecule has 0 aliphatic carbocycles. The van der Waals surface area contributed by atoms with Gasteiger partial charge in [0.25, 0.3) is 0 Å². The minimum absolute atomic E-state index is 0.169. The number of carbonyl (C=O) groups is 1. The first kappa shape index (κ1) is 13.5. The van der Waals surface area contributed by atoms with Crippen LogP contribution < -0.4 is 5.32 Å². The van der Waals surface area contributed by atoms with Crippen molar-refractivity contribution in [2.45, 2.75) is 12.5 Å². The van der Waals surface area contributed by atoms with Crippen molar-refractivity contribution >= 4 is 27.5 Å². The fraction of sp³-hybridized carbons (Fsp3) is 0.417. The van der Waals surface area contributed by atoms with Crippen molar-refractivity contribution in [2.75, 3.05) is 25.0 Å². The molecule has 18 heavy (non-hydrogen) atoms.